The first-order valence-corrected chi connectivity index (χ1v) is 11.5. The quantitative estimate of drug-likeness (QED) is 0.138. The number of hydrogen-bond acceptors (Lipinski definition) is 12. The number of methoxy groups -OCH3 is 1. The lowest BCUT2D eigenvalue weighted by Crippen LogP contribution is -2.45. The molecule has 0 bridgehead atoms. The molecule has 0 radical (unpaired) electrons. The molecule has 2 heterocycles. The highest BCUT2D eigenvalue weighted by molar-refractivity contribution is 5.92. The van der Waals surface area contributed by atoms with E-state index in [2.05, 4.69) is 9.64 Å². The van der Waals surface area contributed by atoms with Crippen molar-refractivity contribution >= 4 is 23.9 Å². The van der Waals surface area contributed by atoms with Gasteiger partial charge >= 0.3 is 23.9 Å². The standard InChI is InChI=1S/C23H34N2O10/c1-30-20(26)3-4-22(28)34-16-11-25-10-15-32-19(17-25)18-35-23(29)6-5-21(27)33-12-2-7-24-8-13-31-14-9-24/h3-6,19H,2,7-18H2,1H3/b4-3+,6-5+. The highest BCUT2D eigenvalue weighted by Crippen LogP contribution is 2.06. The number of carbonyl (C=O) groups excluding carboxylic acids is 4. The molecule has 0 spiro atoms. The van der Waals surface area contributed by atoms with Crippen LogP contribution in [0.3, 0.4) is 0 Å². The minimum atomic E-state index is -0.665. The van der Waals surface area contributed by atoms with Crippen LogP contribution in [0.25, 0.3) is 0 Å². The molecule has 12 nitrogen and oxygen atoms in total. The molecule has 2 saturated heterocycles. The van der Waals surface area contributed by atoms with Crippen molar-refractivity contribution in [1.29, 1.82) is 0 Å². The SMILES string of the molecule is COC(=O)/C=C/C(=O)OCCN1CCOC(COC(=O)/C=C/C(=O)OCCCN2CCOCC2)C1. The fourth-order valence-electron chi connectivity index (χ4n) is 3.31. The zero-order chi connectivity index (χ0) is 25.3. The van der Waals surface area contributed by atoms with Crippen molar-refractivity contribution < 1.29 is 47.6 Å². The highest BCUT2D eigenvalue weighted by Gasteiger charge is 2.21. The minimum absolute atomic E-state index is 0.0237. The van der Waals surface area contributed by atoms with Crippen LogP contribution in [0.2, 0.25) is 0 Å². The molecule has 0 aromatic rings. The summed E-state index contributed by atoms with van der Waals surface area (Å²) >= 11 is 0. The second-order valence-corrected chi connectivity index (χ2v) is 7.76. The molecule has 2 fully saturated rings. The van der Waals surface area contributed by atoms with Gasteiger partial charge in [-0.3, -0.25) is 9.80 Å². The maximum Gasteiger partial charge on any atom is 0.331 e. The monoisotopic (exact) mass is 498 g/mol. The Labute approximate surface area is 204 Å². The summed E-state index contributed by atoms with van der Waals surface area (Å²) in [6.07, 6.45) is 4.44. The summed E-state index contributed by atoms with van der Waals surface area (Å²) in [5.74, 6) is -2.54. The second kappa shape index (κ2) is 16.8. The van der Waals surface area contributed by atoms with E-state index in [1.807, 2.05) is 4.90 Å². The summed E-state index contributed by atoms with van der Waals surface area (Å²) < 4.78 is 30.5. The van der Waals surface area contributed by atoms with Crippen LogP contribution in [0.1, 0.15) is 6.42 Å². The van der Waals surface area contributed by atoms with Gasteiger partial charge in [0.2, 0.25) is 0 Å². The number of morpholine rings is 2. The minimum Gasteiger partial charge on any atom is -0.466 e. The van der Waals surface area contributed by atoms with Gasteiger partial charge in [0.25, 0.3) is 0 Å². The van der Waals surface area contributed by atoms with E-state index in [9.17, 15) is 19.2 Å². The molecule has 0 amide bonds. The molecular formula is C23H34N2O10. The Bertz CT molecular complexity index is 749. The van der Waals surface area contributed by atoms with E-state index in [0.29, 0.717) is 32.7 Å². The zero-order valence-electron chi connectivity index (χ0n) is 20.1. The smallest absolute Gasteiger partial charge is 0.331 e. The van der Waals surface area contributed by atoms with E-state index in [4.69, 9.17) is 23.7 Å². The van der Waals surface area contributed by atoms with Gasteiger partial charge in [-0.15, -0.1) is 0 Å². The Morgan fingerprint density at radius 2 is 1.37 bits per heavy atom. The van der Waals surface area contributed by atoms with Crippen molar-refractivity contribution in [3.8, 4) is 0 Å². The largest absolute Gasteiger partial charge is 0.466 e. The maximum atomic E-state index is 11.9. The summed E-state index contributed by atoms with van der Waals surface area (Å²) in [7, 11) is 1.21. The summed E-state index contributed by atoms with van der Waals surface area (Å²) in [5, 5.41) is 0. The van der Waals surface area contributed by atoms with Gasteiger partial charge in [0.05, 0.1) is 33.5 Å². The summed E-state index contributed by atoms with van der Waals surface area (Å²) in [4.78, 5) is 50.4. The van der Waals surface area contributed by atoms with Gasteiger partial charge in [0, 0.05) is 63.6 Å². The molecule has 35 heavy (non-hydrogen) atoms. The van der Waals surface area contributed by atoms with Gasteiger partial charge < -0.3 is 28.4 Å². The molecule has 1 atom stereocenters. The molecule has 2 aliphatic heterocycles. The van der Waals surface area contributed by atoms with Gasteiger partial charge in [0.15, 0.2) is 0 Å². The molecule has 1 unspecified atom stereocenters. The summed E-state index contributed by atoms with van der Waals surface area (Å²) in [6.45, 7) is 6.49. The zero-order valence-corrected chi connectivity index (χ0v) is 20.1. The Morgan fingerprint density at radius 3 is 2.06 bits per heavy atom. The highest BCUT2D eigenvalue weighted by atomic mass is 16.6. The lowest BCUT2D eigenvalue weighted by atomic mass is 10.3. The van der Waals surface area contributed by atoms with Crippen molar-refractivity contribution in [2.24, 2.45) is 0 Å². The first-order chi connectivity index (χ1) is 17.0. The normalized spacial score (nSPS) is 19.5. The summed E-state index contributed by atoms with van der Waals surface area (Å²) in [5.41, 5.74) is 0. The number of hydrogen-bond donors (Lipinski definition) is 0. The molecule has 0 saturated carbocycles. The van der Waals surface area contributed by atoms with Crippen molar-refractivity contribution in [2.45, 2.75) is 12.5 Å². The first-order valence-electron chi connectivity index (χ1n) is 11.5. The third-order valence-electron chi connectivity index (χ3n) is 5.17. The van der Waals surface area contributed by atoms with E-state index >= 15 is 0 Å². The maximum absolute atomic E-state index is 11.9. The van der Waals surface area contributed by atoms with Crippen LogP contribution in [0, 0.1) is 0 Å². The summed E-state index contributed by atoms with van der Waals surface area (Å²) in [6, 6.07) is 0. The van der Waals surface area contributed by atoms with Gasteiger partial charge in [-0.05, 0) is 6.42 Å². The Kier molecular flexibility index (Phi) is 13.6. The van der Waals surface area contributed by atoms with E-state index in [1.54, 1.807) is 0 Å². The lowest BCUT2D eigenvalue weighted by Gasteiger charge is -2.32. The van der Waals surface area contributed by atoms with E-state index < -0.39 is 23.9 Å². The van der Waals surface area contributed by atoms with Crippen LogP contribution in [-0.4, -0.2) is 126 Å². The van der Waals surface area contributed by atoms with Crippen LogP contribution < -0.4 is 0 Å². The number of carbonyl (C=O) groups is 4. The number of nitrogens with zero attached hydrogens (tertiary/aromatic N) is 2. The molecule has 0 N–H and O–H groups in total. The van der Waals surface area contributed by atoms with Crippen LogP contribution in [0.15, 0.2) is 24.3 Å². The Hall–Kier alpha value is -2.80. The topological polar surface area (TPSA) is 130 Å². The van der Waals surface area contributed by atoms with Crippen molar-refractivity contribution in [1.82, 2.24) is 9.80 Å². The van der Waals surface area contributed by atoms with E-state index in [0.717, 1.165) is 57.2 Å². The fourth-order valence-corrected chi connectivity index (χ4v) is 3.31. The molecule has 0 aliphatic carbocycles. The molecule has 2 rings (SSSR count). The van der Waals surface area contributed by atoms with Crippen molar-refractivity contribution in [2.75, 3.05) is 86.0 Å². The second-order valence-electron chi connectivity index (χ2n) is 7.76. The number of esters is 4. The molecule has 2 aliphatic rings. The van der Waals surface area contributed by atoms with Gasteiger partial charge in [-0.2, -0.15) is 0 Å². The number of ether oxygens (including phenoxy) is 6. The predicted octanol–water partition coefficient (Wildman–Crippen LogP) is -0.675. The van der Waals surface area contributed by atoms with Gasteiger partial charge in [-0.25, -0.2) is 19.2 Å². The number of rotatable bonds is 13. The Balaban J connectivity index is 1.55. The predicted molar refractivity (Wildman–Crippen MR) is 121 cm³/mol. The molecular weight excluding hydrogens is 464 g/mol. The Morgan fingerprint density at radius 1 is 0.771 bits per heavy atom. The average Bonchev–Trinajstić information content (AvgIpc) is 2.88. The van der Waals surface area contributed by atoms with Crippen LogP contribution in [0.5, 0.6) is 0 Å². The first kappa shape index (κ1) is 28.4. The third kappa shape index (κ3) is 13.0. The van der Waals surface area contributed by atoms with E-state index in [1.165, 1.54) is 7.11 Å². The third-order valence-corrected chi connectivity index (χ3v) is 5.17. The van der Waals surface area contributed by atoms with E-state index in [-0.39, 0.29) is 25.9 Å². The fraction of sp³-hybridized carbons (Fsp3) is 0.652. The van der Waals surface area contributed by atoms with Crippen LogP contribution in [0.4, 0.5) is 0 Å². The van der Waals surface area contributed by atoms with Crippen LogP contribution >= 0.6 is 0 Å². The molecule has 12 heteroatoms. The van der Waals surface area contributed by atoms with Crippen molar-refractivity contribution in [3.05, 3.63) is 24.3 Å². The van der Waals surface area contributed by atoms with Crippen molar-refractivity contribution in [3.63, 3.8) is 0 Å². The molecule has 196 valence electrons. The average molecular weight is 499 g/mol. The molecule has 0 aromatic heterocycles. The lowest BCUT2D eigenvalue weighted by molar-refractivity contribution is -0.146. The van der Waals surface area contributed by atoms with Gasteiger partial charge in [-0.1, -0.05) is 0 Å². The molecule has 0 aromatic carbocycles. The van der Waals surface area contributed by atoms with Gasteiger partial charge in [0.1, 0.15) is 19.3 Å². The van der Waals surface area contributed by atoms with Crippen LogP contribution in [-0.2, 0) is 47.6 Å².